The van der Waals surface area contributed by atoms with Gasteiger partial charge in [-0.15, -0.1) is 0 Å². The Kier molecular flexibility index (Phi) is 6.29. The molecule has 0 spiro atoms. The number of allylic oxidation sites excluding steroid dienone is 5. The second-order valence-corrected chi connectivity index (χ2v) is 13.7. The van der Waals surface area contributed by atoms with Crippen LogP contribution in [0, 0.1) is 0 Å². The maximum absolute atomic E-state index is 6.83. The largest absolute Gasteiger partial charge is 0.455 e. The summed E-state index contributed by atoms with van der Waals surface area (Å²) >= 11 is 0. The minimum Gasteiger partial charge on any atom is -0.455 e. The highest BCUT2D eigenvalue weighted by molar-refractivity contribution is 6.24. The van der Waals surface area contributed by atoms with Crippen LogP contribution in [0.4, 0.5) is 0 Å². The van der Waals surface area contributed by atoms with Crippen molar-refractivity contribution < 1.29 is 4.42 Å². The van der Waals surface area contributed by atoms with Gasteiger partial charge >= 0.3 is 0 Å². The Morgan fingerprint density at radius 2 is 1.04 bits per heavy atom. The van der Waals surface area contributed by atoms with E-state index in [1.165, 1.54) is 38.0 Å². The average Bonchev–Trinajstić information content (AvgIpc) is 3.93. The van der Waals surface area contributed by atoms with E-state index in [0.29, 0.717) is 0 Å². The summed E-state index contributed by atoms with van der Waals surface area (Å²) in [4.78, 5) is 0. The van der Waals surface area contributed by atoms with Gasteiger partial charge in [-0.25, -0.2) is 0 Å². The van der Waals surface area contributed by atoms with Gasteiger partial charge in [-0.1, -0.05) is 91.5 Å². The van der Waals surface area contributed by atoms with E-state index in [1.807, 2.05) is 6.08 Å². The minimum atomic E-state index is 0.882. The molecule has 7 aromatic carbocycles. The van der Waals surface area contributed by atoms with Crippen LogP contribution in [0.15, 0.2) is 181 Å². The fourth-order valence-electron chi connectivity index (χ4n) is 8.77. The van der Waals surface area contributed by atoms with E-state index in [2.05, 4.69) is 191 Å². The van der Waals surface area contributed by atoms with Crippen molar-refractivity contribution in [1.82, 2.24) is 13.7 Å². The first kappa shape index (κ1) is 29.7. The lowest BCUT2D eigenvalue weighted by atomic mass is 10.1. The Hall–Kier alpha value is -7.04. The first-order valence-corrected chi connectivity index (χ1v) is 18.1. The summed E-state index contributed by atoms with van der Waals surface area (Å²) in [6.07, 6.45) is 8.13. The highest BCUT2D eigenvalue weighted by atomic mass is 16.3. The van der Waals surface area contributed by atoms with Gasteiger partial charge in [0.05, 0.1) is 38.5 Å². The number of fused-ring (bicyclic) bond motifs is 13. The number of nitrogens with zero attached hydrogens (tertiary/aromatic N) is 3. The smallest absolute Gasteiger partial charge is 0.145 e. The number of benzene rings is 7. The molecule has 0 radical (unpaired) electrons. The predicted molar refractivity (Wildman–Crippen MR) is 225 cm³/mol. The van der Waals surface area contributed by atoms with Crippen molar-refractivity contribution in [2.75, 3.05) is 0 Å². The molecule has 0 saturated heterocycles. The van der Waals surface area contributed by atoms with Crippen LogP contribution in [-0.4, -0.2) is 13.7 Å². The zero-order valence-electron chi connectivity index (χ0n) is 29.1. The molecule has 0 atom stereocenters. The molecule has 11 rings (SSSR count). The van der Waals surface area contributed by atoms with E-state index in [4.69, 9.17) is 4.42 Å². The molecule has 250 valence electrons. The zero-order valence-corrected chi connectivity index (χ0v) is 29.1. The molecule has 0 aliphatic carbocycles. The predicted octanol–water partition coefficient (Wildman–Crippen LogP) is 13.5. The molecule has 0 bridgehead atoms. The summed E-state index contributed by atoms with van der Waals surface area (Å²) in [7, 11) is 0. The second-order valence-electron chi connectivity index (χ2n) is 13.7. The van der Waals surface area contributed by atoms with E-state index in [-0.39, 0.29) is 0 Å². The zero-order chi connectivity index (χ0) is 35.2. The Balaban J connectivity index is 1.16. The van der Waals surface area contributed by atoms with E-state index >= 15 is 0 Å². The van der Waals surface area contributed by atoms with Crippen molar-refractivity contribution in [3.05, 3.63) is 176 Å². The Morgan fingerprint density at radius 1 is 0.509 bits per heavy atom. The number of hydrogen-bond acceptors (Lipinski definition) is 1. The molecule has 0 unspecified atom stereocenters. The quantitative estimate of drug-likeness (QED) is 0.166. The van der Waals surface area contributed by atoms with Crippen LogP contribution in [0.3, 0.4) is 0 Å². The summed E-state index contributed by atoms with van der Waals surface area (Å²) in [6.45, 7) is 6.05. The summed E-state index contributed by atoms with van der Waals surface area (Å²) in [5, 5.41) is 9.43. The molecule has 0 fully saturated rings. The summed E-state index contributed by atoms with van der Waals surface area (Å²) in [5.74, 6) is 0. The van der Waals surface area contributed by atoms with Crippen LogP contribution in [-0.2, 0) is 0 Å². The van der Waals surface area contributed by atoms with Crippen molar-refractivity contribution in [3.63, 3.8) is 0 Å². The van der Waals surface area contributed by atoms with Crippen molar-refractivity contribution >= 4 is 93.1 Å². The van der Waals surface area contributed by atoms with Gasteiger partial charge in [-0.05, 0) is 91.9 Å². The summed E-state index contributed by atoms with van der Waals surface area (Å²) < 4.78 is 13.9. The van der Waals surface area contributed by atoms with E-state index < -0.39 is 0 Å². The third kappa shape index (κ3) is 4.12. The van der Waals surface area contributed by atoms with Crippen molar-refractivity contribution in [2.24, 2.45) is 0 Å². The van der Waals surface area contributed by atoms with Gasteiger partial charge in [0.2, 0.25) is 0 Å². The normalized spacial score (nSPS) is 12.7. The molecule has 0 N–H and O–H groups in total. The molecule has 0 aliphatic heterocycles. The molecular weight excluding hydrogens is 647 g/mol. The van der Waals surface area contributed by atoms with Gasteiger partial charge in [0.25, 0.3) is 0 Å². The van der Waals surface area contributed by atoms with Crippen LogP contribution >= 0.6 is 0 Å². The Bertz CT molecular complexity index is 3320. The van der Waals surface area contributed by atoms with E-state index in [9.17, 15) is 0 Å². The number of furan rings is 1. The monoisotopic (exact) mass is 679 g/mol. The fourth-order valence-corrected chi connectivity index (χ4v) is 8.77. The van der Waals surface area contributed by atoms with Crippen LogP contribution in [0.1, 0.15) is 6.92 Å². The molecule has 4 heteroatoms. The molecular formula is C49H33N3O. The van der Waals surface area contributed by atoms with Crippen molar-refractivity contribution in [1.29, 1.82) is 0 Å². The maximum Gasteiger partial charge on any atom is 0.145 e. The third-order valence-corrected chi connectivity index (χ3v) is 10.9. The molecule has 4 aromatic heterocycles. The first-order chi connectivity index (χ1) is 26.2. The standard InChI is InChI=1S/C49H33N3O/c1-3-13-31(14-4-2)50-43-21-11-7-17-36(43)39-29-32(23-26-45(39)50)52-44-22-12-8-18-38(44)48-46(52)27-25-37-40-30-33(24-28-47(40)53-49(37)48)51-41-19-9-5-15-34(41)35-16-6-10-20-42(35)51/h3-30H,1H2,2H3/b14-4-,31-13+. The molecule has 0 saturated carbocycles. The molecule has 4 heterocycles. The Labute approximate surface area is 305 Å². The number of hydrogen-bond donors (Lipinski definition) is 0. The molecule has 0 aliphatic rings. The number of aromatic nitrogens is 3. The fraction of sp³-hybridized carbons (Fsp3) is 0.0204. The topological polar surface area (TPSA) is 27.9 Å². The van der Waals surface area contributed by atoms with Gasteiger partial charge in [-0.3, -0.25) is 0 Å². The summed E-state index contributed by atoms with van der Waals surface area (Å²) in [5.41, 5.74) is 12.1. The average molecular weight is 680 g/mol. The van der Waals surface area contributed by atoms with Gasteiger partial charge in [0, 0.05) is 54.8 Å². The first-order valence-electron chi connectivity index (χ1n) is 18.1. The number of para-hydroxylation sites is 4. The molecule has 11 aromatic rings. The highest BCUT2D eigenvalue weighted by Crippen LogP contribution is 2.43. The molecule has 4 nitrogen and oxygen atoms in total. The summed E-state index contributed by atoms with van der Waals surface area (Å²) in [6, 6.07) is 52.6. The second kappa shape index (κ2) is 11.2. The lowest BCUT2D eigenvalue weighted by molar-refractivity contribution is 0.673. The van der Waals surface area contributed by atoms with E-state index in [1.54, 1.807) is 0 Å². The lowest BCUT2D eigenvalue weighted by Crippen LogP contribution is -1.96. The van der Waals surface area contributed by atoms with Gasteiger partial charge in [0.1, 0.15) is 11.2 Å². The number of rotatable bonds is 5. The van der Waals surface area contributed by atoms with Gasteiger partial charge in [0.15, 0.2) is 0 Å². The van der Waals surface area contributed by atoms with Gasteiger partial charge in [-0.2, -0.15) is 0 Å². The minimum absolute atomic E-state index is 0.882. The van der Waals surface area contributed by atoms with Crippen LogP contribution in [0.2, 0.25) is 0 Å². The van der Waals surface area contributed by atoms with Gasteiger partial charge < -0.3 is 18.1 Å². The van der Waals surface area contributed by atoms with Crippen molar-refractivity contribution in [2.45, 2.75) is 6.92 Å². The Morgan fingerprint density at radius 3 is 1.72 bits per heavy atom. The van der Waals surface area contributed by atoms with Crippen molar-refractivity contribution in [3.8, 4) is 11.4 Å². The lowest BCUT2D eigenvalue weighted by Gasteiger charge is -2.11. The molecule has 53 heavy (non-hydrogen) atoms. The highest BCUT2D eigenvalue weighted by Gasteiger charge is 2.21. The van der Waals surface area contributed by atoms with Crippen LogP contribution in [0.5, 0.6) is 0 Å². The van der Waals surface area contributed by atoms with Crippen LogP contribution in [0.25, 0.3) is 104 Å². The SMILES string of the molecule is C=C/C=C(\C=C/C)n1c2ccccc2c2cc(-n3c4ccccc4c4c5oc6ccc(-n7c8ccccc8c8ccccc87)cc6c5ccc43)ccc21. The maximum atomic E-state index is 6.83. The third-order valence-electron chi connectivity index (χ3n) is 10.9. The van der Waals surface area contributed by atoms with E-state index in [0.717, 1.165) is 66.5 Å². The molecule has 0 amide bonds. The van der Waals surface area contributed by atoms with Crippen LogP contribution < -0.4 is 0 Å².